The summed E-state index contributed by atoms with van der Waals surface area (Å²) in [4.78, 5) is 14.2. The number of benzene rings is 1. The van der Waals surface area contributed by atoms with Crippen LogP contribution >= 0.6 is 0 Å². The minimum atomic E-state index is -4.57. The quantitative estimate of drug-likeness (QED) is 0.800. The number of aldehydes is 1. The smallest absolute Gasteiger partial charge is 0.303 e. The molecule has 0 N–H and O–H groups in total. The van der Waals surface area contributed by atoms with Gasteiger partial charge in [-0.1, -0.05) is 30.3 Å². The van der Waals surface area contributed by atoms with Crippen LogP contribution in [0.1, 0.15) is 17.3 Å². The first-order chi connectivity index (χ1) is 9.00. The van der Waals surface area contributed by atoms with E-state index in [0.29, 0.717) is 6.29 Å². The highest BCUT2D eigenvalue weighted by Gasteiger charge is 2.35. The molecule has 0 aliphatic rings. The van der Waals surface area contributed by atoms with E-state index in [4.69, 9.17) is 0 Å². The molecule has 19 heavy (non-hydrogen) atoms. The van der Waals surface area contributed by atoms with Crippen LogP contribution in [0.5, 0.6) is 0 Å². The van der Waals surface area contributed by atoms with E-state index in [1.807, 2.05) is 0 Å². The van der Waals surface area contributed by atoms with E-state index < -0.39 is 17.9 Å². The fourth-order valence-corrected chi connectivity index (χ4v) is 1.64. The van der Waals surface area contributed by atoms with E-state index in [9.17, 15) is 18.0 Å². The standard InChI is InChI=1S/C12H10F3N3O/c13-12(14,15)11-16-8-18(17-11)6-10(7-19)9-4-2-1-3-5-9/h1-5,7-8,10H,6H2. The van der Waals surface area contributed by atoms with Gasteiger partial charge in [0.15, 0.2) is 0 Å². The molecule has 0 fully saturated rings. The van der Waals surface area contributed by atoms with Crippen molar-refractivity contribution in [3.63, 3.8) is 0 Å². The minimum absolute atomic E-state index is 0.0244. The van der Waals surface area contributed by atoms with Gasteiger partial charge in [-0.05, 0) is 5.56 Å². The lowest BCUT2D eigenvalue weighted by atomic mass is 10.0. The van der Waals surface area contributed by atoms with Gasteiger partial charge in [0, 0.05) is 0 Å². The number of hydrogen-bond acceptors (Lipinski definition) is 3. The van der Waals surface area contributed by atoms with Gasteiger partial charge in [0.05, 0.1) is 12.5 Å². The Kier molecular flexibility index (Phi) is 3.64. The van der Waals surface area contributed by atoms with Crippen molar-refractivity contribution in [1.82, 2.24) is 14.8 Å². The van der Waals surface area contributed by atoms with Crippen molar-refractivity contribution in [2.75, 3.05) is 0 Å². The molecule has 7 heteroatoms. The van der Waals surface area contributed by atoms with Crippen LogP contribution in [0.4, 0.5) is 13.2 Å². The monoisotopic (exact) mass is 269 g/mol. The Balaban J connectivity index is 2.16. The van der Waals surface area contributed by atoms with E-state index >= 15 is 0 Å². The average Bonchev–Trinajstić information content (AvgIpc) is 2.85. The maximum Gasteiger partial charge on any atom is 0.453 e. The SMILES string of the molecule is O=CC(Cn1cnc(C(F)(F)F)n1)c1ccccc1. The van der Waals surface area contributed by atoms with Crippen LogP contribution < -0.4 is 0 Å². The van der Waals surface area contributed by atoms with E-state index in [-0.39, 0.29) is 6.54 Å². The molecule has 100 valence electrons. The van der Waals surface area contributed by atoms with Crippen LogP contribution in [-0.4, -0.2) is 21.1 Å². The van der Waals surface area contributed by atoms with Gasteiger partial charge in [0.25, 0.3) is 5.82 Å². The van der Waals surface area contributed by atoms with Crippen molar-refractivity contribution in [3.8, 4) is 0 Å². The van der Waals surface area contributed by atoms with E-state index in [1.165, 1.54) is 0 Å². The molecule has 0 aliphatic heterocycles. The van der Waals surface area contributed by atoms with Crippen molar-refractivity contribution < 1.29 is 18.0 Å². The van der Waals surface area contributed by atoms with Crippen LogP contribution in [-0.2, 0) is 17.5 Å². The summed E-state index contributed by atoms with van der Waals surface area (Å²) in [5.74, 6) is -1.76. The second-order valence-corrected chi connectivity index (χ2v) is 3.94. The normalized spacial score (nSPS) is 13.2. The number of halogens is 3. The molecule has 4 nitrogen and oxygen atoms in total. The lowest BCUT2D eigenvalue weighted by Gasteiger charge is -2.10. The van der Waals surface area contributed by atoms with Gasteiger partial charge in [-0.3, -0.25) is 4.68 Å². The summed E-state index contributed by atoms with van der Waals surface area (Å²) < 4.78 is 38.0. The highest BCUT2D eigenvalue weighted by atomic mass is 19.4. The Morgan fingerprint density at radius 2 is 1.95 bits per heavy atom. The number of alkyl halides is 3. The highest BCUT2D eigenvalue weighted by molar-refractivity contribution is 5.61. The van der Waals surface area contributed by atoms with Crippen molar-refractivity contribution in [1.29, 1.82) is 0 Å². The molecular formula is C12H10F3N3O. The predicted molar refractivity (Wildman–Crippen MR) is 60.3 cm³/mol. The van der Waals surface area contributed by atoms with Crippen LogP contribution in [0.2, 0.25) is 0 Å². The largest absolute Gasteiger partial charge is 0.453 e. The zero-order valence-corrected chi connectivity index (χ0v) is 9.71. The molecular weight excluding hydrogens is 259 g/mol. The highest BCUT2D eigenvalue weighted by Crippen LogP contribution is 2.25. The predicted octanol–water partition coefficient (Wildman–Crippen LogP) is 2.28. The summed E-state index contributed by atoms with van der Waals surface area (Å²) >= 11 is 0. The van der Waals surface area contributed by atoms with Crippen LogP contribution in [0.25, 0.3) is 0 Å². The van der Waals surface area contributed by atoms with Crippen molar-refractivity contribution in [2.24, 2.45) is 0 Å². The molecule has 2 aromatic rings. The fourth-order valence-electron chi connectivity index (χ4n) is 1.64. The second-order valence-electron chi connectivity index (χ2n) is 3.94. The Bertz CT molecular complexity index is 551. The first-order valence-corrected chi connectivity index (χ1v) is 5.47. The molecule has 1 atom stereocenters. The Morgan fingerprint density at radius 1 is 1.26 bits per heavy atom. The van der Waals surface area contributed by atoms with Crippen LogP contribution in [0.3, 0.4) is 0 Å². The summed E-state index contributed by atoms with van der Waals surface area (Å²) in [6, 6.07) is 8.78. The molecule has 0 radical (unpaired) electrons. The topological polar surface area (TPSA) is 47.8 Å². The number of nitrogens with zero attached hydrogens (tertiary/aromatic N) is 3. The van der Waals surface area contributed by atoms with E-state index in [2.05, 4.69) is 10.1 Å². The molecule has 0 amide bonds. The second kappa shape index (κ2) is 5.21. The number of aromatic nitrogens is 3. The Morgan fingerprint density at radius 3 is 2.47 bits per heavy atom. The van der Waals surface area contributed by atoms with Gasteiger partial charge in [-0.2, -0.15) is 13.2 Å². The van der Waals surface area contributed by atoms with Crippen LogP contribution in [0.15, 0.2) is 36.7 Å². The van der Waals surface area contributed by atoms with Crippen molar-refractivity contribution >= 4 is 6.29 Å². The lowest BCUT2D eigenvalue weighted by molar-refractivity contribution is -0.145. The average molecular weight is 269 g/mol. The summed E-state index contributed by atoms with van der Waals surface area (Å²) in [6.45, 7) is 0.0244. The molecule has 0 aliphatic carbocycles. The first-order valence-electron chi connectivity index (χ1n) is 5.47. The first kappa shape index (κ1) is 13.3. The van der Waals surface area contributed by atoms with Gasteiger partial charge in [0.1, 0.15) is 12.6 Å². The molecule has 1 unspecified atom stereocenters. The number of rotatable bonds is 4. The third kappa shape index (κ3) is 3.18. The maximum atomic E-state index is 12.3. The van der Waals surface area contributed by atoms with Gasteiger partial charge in [-0.15, -0.1) is 5.10 Å². The number of carbonyl (C=O) groups is 1. The zero-order valence-electron chi connectivity index (χ0n) is 9.71. The van der Waals surface area contributed by atoms with E-state index in [0.717, 1.165) is 16.6 Å². The minimum Gasteiger partial charge on any atom is -0.303 e. The van der Waals surface area contributed by atoms with Gasteiger partial charge < -0.3 is 4.79 Å². The summed E-state index contributed by atoms with van der Waals surface area (Å²) in [6.07, 6.45) is -2.92. The van der Waals surface area contributed by atoms with E-state index in [1.54, 1.807) is 30.3 Å². The Labute approximate surface area is 106 Å². The molecule has 0 saturated carbocycles. The molecule has 2 rings (SSSR count). The summed E-state index contributed by atoms with van der Waals surface area (Å²) in [5.41, 5.74) is 0.724. The molecule has 1 heterocycles. The van der Waals surface area contributed by atoms with Gasteiger partial charge in [-0.25, -0.2) is 4.98 Å². The van der Waals surface area contributed by atoms with Gasteiger partial charge >= 0.3 is 6.18 Å². The zero-order chi connectivity index (χ0) is 13.9. The summed E-state index contributed by atoms with van der Waals surface area (Å²) in [5, 5.41) is 3.32. The third-order valence-electron chi connectivity index (χ3n) is 2.57. The molecule has 0 spiro atoms. The van der Waals surface area contributed by atoms with Crippen molar-refractivity contribution in [2.45, 2.75) is 18.6 Å². The molecule has 1 aromatic heterocycles. The molecule has 0 saturated heterocycles. The lowest BCUT2D eigenvalue weighted by Crippen LogP contribution is -2.13. The Hall–Kier alpha value is -2.18. The fraction of sp³-hybridized carbons (Fsp3) is 0.250. The van der Waals surface area contributed by atoms with Gasteiger partial charge in [0.2, 0.25) is 0 Å². The summed E-state index contributed by atoms with van der Waals surface area (Å²) in [7, 11) is 0. The number of carbonyl (C=O) groups excluding carboxylic acids is 1. The molecule has 1 aromatic carbocycles. The number of hydrogen-bond donors (Lipinski definition) is 0. The van der Waals surface area contributed by atoms with Crippen molar-refractivity contribution in [3.05, 3.63) is 48.0 Å². The maximum absolute atomic E-state index is 12.3. The molecule has 0 bridgehead atoms. The third-order valence-corrected chi connectivity index (χ3v) is 2.57. The van der Waals surface area contributed by atoms with Crippen LogP contribution in [0, 0.1) is 0 Å².